The fraction of sp³-hybridized carbons (Fsp3) is 0.293. The van der Waals surface area contributed by atoms with E-state index in [0.717, 1.165) is 0 Å². The molecule has 3 nitrogen and oxygen atoms in total. The molecule has 3 heteroatoms. The Morgan fingerprint density at radius 1 is 0.682 bits per heavy atom. The van der Waals surface area contributed by atoms with Gasteiger partial charge in [0.2, 0.25) is 0 Å². The molecule has 0 N–H and O–H groups in total. The highest BCUT2D eigenvalue weighted by Crippen LogP contribution is 2.60. The van der Waals surface area contributed by atoms with Gasteiger partial charge >= 0.3 is 0 Å². The molecule has 2 atom stereocenters. The summed E-state index contributed by atoms with van der Waals surface area (Å²) in [5, 5.41) is 2.57. The van der Waals surface area contributed by atoms with Crippen molar-refractivity contribution in [3.63, 3.8) is 0 Å². The van der Waals surface area contributed by atoms with Crippen LogP contribution in [-0.4, -0.2) is 15.1 Å². The van der Waals surface area contributed by atoms with Crippen molar-refractivity contribution in [2.24, 2.45) is 0 Å². The van der Waals surface area contributed by atoms with Crippen LogP contribution in [0, 0.1) is 0 Å². The lowest BCUT2D eigenvalue weighted by Crippen LogP contribution is -2.54. The van der Waals surface area contributed by atoms with Gasteiger partial charge in [0, 0.05) is 33.6 Å². The Morgan fingerprint density at radius 2 is 1.39 bits per heavy atom. The molecule has 0 spiro atoms. The Balaban J connectivity index is 1.33. The fourth-order valence-corrected chi connectivity index (χ4v) is 8.34. The molecule has 2 unspecified atom stereocenters. The van der Waals surface area contributed by atoms with Gasteiger partial charge in [0.25, 0.3) is 0 Å². The molecule has 1 fully saturated rings. The first-order valence-electron chi connectivity index (χ1n) is 16.2. The van der Waals surface area contributed by atoms with E-state index in [0.29, 0.717) is 0 Å². The molecule has 8 rings (SSSR count). The number of hydrogen-bond donors (Lipinski definition) is 0. The lowest BCUT2D eigenvalue weighted by Gasteiger charge is -2.49. The summed E-state index contributed by atoms with van der Waals surface area (Å²) < 4.78 is 2.47. The maximum Gasteiger partial charge on any atom is 0.0722 e. The van der Waals surface area contributed by atoms with Gasteiger partial charge in [-0.1, -0.05) is 101 Å². The lowest BCUT2D eigenvalue weighted by atomic mass is 9.63. The summed E-state index contributed by atoms with van der Waals surface area (Å²) in [5.74, 6) is 0. The van der Waals surface area contributed by atoms with E-state index in [9.17, 15) is 0 Å². The Bertz CT molecular complexity index is 2040. The summed E-state index contributed by atoms with van der Waals surface area (Å²) in [7, 11) is 0. The van der Waals surface area contributed by atoms with Crippen molar-refractivity contribution < 1.29 is 0 Å². The molecule has 4 aromatic carbocycles. The van der Waals surface area contributed by atoms with Crippen molar-refractivity contribution in [1.82, 2.24) is 9.55 Å². The molecule has 44 heavy (non-hydrogen) atoms. The topological polar surface area (TPSA) is 21.1 Å². The first kappa shape index (κ1) is 27.2. The maximum atomic E-state index is 5.00. The average molecular weight is 576 g/mol. The largest absolute Gasteiger partial charge is 0.333 e. The zero-order valence-electron chi connectivity index (χ0n) is 26.6. The molecule has 3 heterocycles. The predicted molar refractivity (Wildman–Crippen MR) is 186 cm³/mol. The highest BCUT2D eigenvalue weighted by atomic mass is 15.3. The number of nitrogens with zero attached hydrogens (tertiary/aromatic N) is 3. The van der Waals surface area contributed by atoms with Gasteiger partial charge in [-0.05, 0) is 78.8 Å². The van der Waals surface area contributed by atoms with Gasteiger partial charge < -0.3 is 9.47 Å². The van der Waals surface area contributed by atoms with Crippen molar-refractivity contribution in [1.29, 1.82) is 0 Å². The van der Waals surface area contributed by atoms with Crippen LogP contribution < -0.4 is 4.90 Å². The Labute approximate surface area is 261 Å². The summed E-state index contributed by atoms with van der Waals surface area (Å²) in [6.45, 7) is 11.7. The molecule has 220 valence electrons. The predicted octanol–water partition coefficient (Wildman–Crippen LogP) is 10.9. The molecule has 0 bridgehead atoms. The minimum Gasteiger partial charge on any atom is -0.333 e. The number of para-hydroxylation sites is 2. The van der Waals surface area contributed by atoms with Gasteiger partial charge in [0.15, 0.2) is 0 Å². The fourth-order valence-electron chi connectivity index (χ4n) is 8.34. The Hall–Kier alpha value is -4.37. The van der Waals surface area contributed by atoms with Crippen LogP contribution in [0.25, 0.3) is 38.6 Å². The summed E-state index contributed by atoms with van der Waals surface area (Å²) in [5.41, 5.74) is 11.4. The quantitative estimate of drug-likeness (QED) is 0.209. The Kier molecular flexibility index (Phi) is 5.91. The highest BCUT2D eigenvalue weighted by Gasteiger charge is 2.58. The van der Waals surface area contributed by atoms with E-state index < -0.39 is 0 Å². The molecule has 1 saturated carbocycles. The third-order valence-electron chi connectivity index (χ3n) is 10.9. The van der Waals surface area contributed by atoms with Crippen LogP contribution in [0.4, 0.5) is 11.4 Å². The Morgan fingerprint density at radius 3 is 2.20 bits per heavy atom. The van der Waals surface area contributed by atoms with Gasteiger partial charge in [0.05, 0.1) is 33.6 Å². The van der Waals surface area contributed by atoms with Gasteiger partial charge in [0.1, 0.15) is 0 Å². The summed E-state index contributed by atoms with van der Waals surface area (Å²) >= 11 is 0. The van der Waals surface area contributed by atoms with Crippen LogP contribution in [-0.2, 0) is 10.8 Å². The lowest BCUT2D eigenvalue weighted by molar-refractivity contribution is 0.191. The van der Waals surface area contributed by atoms with Gasteiger partial charge in [-0.25, -0.2) is 0 Å². The van der Waals surface area contributed by atoms with Gasteiger partial charge in [-0.15, -0.1) is 0 Å². The number of fused-ring (bicyclic) bond motifs is 6. The highest BCUT2D eigenvalue weighted by molar-refractivity contribution is 6.11. The number of rotatable bonds is 3. The normalized spacial score (nSPS) is 21.5. The molecule has 0 amide bonds. The molecular weight excluding hydrogens is 534 g/mol. The average Bonchev–Trinajstić information content (AvgIpc) is 3.47. The molecule has 0 saturated heterocycles. The number of hydrogen-bond acceptors (Lipinski definition) is 2. The van der Waals surface area contributed by atoms with Crippen LogP contribution >= 0.6 is 0 Å². The van der Waals surface area contributed by atoms with E-state index in [1.807, 2.05) is 6.20 Å². The van der Waals surface area contributed by atoms with Crippen LogP contribution in [0.3, 0.4) is 0 Å². The van der Waals surface area contributed by atoms with Gasteiger partial charge in [-0.3, -0.25) is 4.98 Å². The number of pyridine rings is 1. The van der Waals surface area contributed by atoms with Crippen molar-refractivity contribution in [2.75, 3.05) is 4.90 Å². The van der Waals surface area contributed by atoms with E-state index in [2.05, 4.69) is 147 Å². The van der Waals surface area contributed by atoms with E-state index in [4.69, 9.17) is 4.98 Å². The van der Waals surface area contributed by atoms with Crippen LogP contribution in [0.1, 0.15) is 71.6 Å². The molecule has 0 radical (unpaired) electrons. The summed E-state index contributed by atoms with van der Waals surface area (Å²) in [6, 6.07) is 38.4. The number of aromatic nitrogens is 2. The van der Waals surface area contributed by atoms with Crippen molar-refractivity contribution in [3.8, 4) is 16.8 Å². The second-order valence-electron chi connectivity index (χ2n) is 14.4. The molecular formula is C41H41N3. The van der Waals surface area contributed by atoms with E-state index in [1.54, 1.807) is 0 Å². The second-order valence-corrected chi connectivity index (χ2v) is 14.4. The minimum absolute atomic E-state index is 0.0141. The van der Waals surface area contributed by atoms with Crippen molar-refractivity contribution in [2.45, 2.75) is 76.7 Å². The summed E-state index contributed by atoms with van der Waals surface area (Å²) in [6.07, 6.45) is 6.85. The van der Waals surface area contributed by atoms with Crippen LogP contribution in [0.5, 0.6) is 0 Å². The van der Waals surface area contributed by atoms with Crippen molar-refractivity contribution >= 4 is 33.2 Å². The first-order chi connectivity index (χ1) is 21.2. The van der Waals surface area contributed by atoms with E-state index >= 15 is 0 Å². The molecule has 2 aliphatic rings. The zero-order valence-corrected chi connectivity index (χ0v) is 26.6. The number of anilines is 2. The number of benzene rings is 4. The molecule has 1 aliphatic heterocycles. The van der Waals surface area contributed by atoms with E-state index in [-0.39, 0.29) is 16.4 Å². The third kappa shape index (κ3) is 3.78. The SMILES string of the molecule is CC(C)(C)c1ccc(-c2ccccc2-n2c3ccccc3c3cc(N4c5cccnc5C5(C)CCCCC45C)ccc32)cc1. The minimum atomic E-state index is -0.0141. The standard InChI is InChI=1S/C41H41N3/c1-39(2,3)29-20-18-28(19-21-29)31-13-6-8-15-34(31)43-35-16-9-7-14-32(35)33-27-30(22-23-36(33)43)44-37-17-12-26-42-38(37)40(4)24-10-11-25-41(40,44)5/h6-9,12-23,26-27H,10-11,24-25H2,1-5H3. The smallest absolute Gasteiger partial charge is 0.0722 e. The summed E-state index contributed by atoms with van der Waals surface area (Å²) in [4.78, 5) is 7.63. The molecule has 2 aromatic heterocycles. The molecule has 1 aliphatic carbocycles. The van der Waals surface area contributed by atoms with Gasteiger partial charge in [-0.2, -0.15) is 0 Å². The zero-order chi connectivity index (χ0) is 30.3. The maximum absolute atomic E-state index is 5.00. The monoisotopic (exact) mass is 575 g/mol. The second kappa shape index (κ2) is 9.56. The first-order valence-corrected chi connectivity index (χ1v) is 16.2. The van der Waals surface area contributed by atoms with Crippen LogP contribution in [0.15, 0.2) is 109 Å². The van der Waals surface area contributed by atoms with Crippen molar-refractivity contribution in [3.05, 3.63) is 121 Å². The van der Waals surface area contributed by atoms with E-state index in [1.165, 1.54) is 86.9 Å². The van der Waals surface area contributed by atoms with Crippen LogP contribution in [0.2, 0.25) is 0 Å². The third-order valence-corrected chi connectivity index (χ3v) is 10.9. The molecule has 6 aromatic rings.